The summed E-state index contributed by atoms with van der Waals surface area (Å²) in [5.74, 6) is -0.685. The molecule has 3 aromatic carbocycles. The van der Waals surface area contributed by atoms with Crippen LogP contribution in [0.5, 0.6) is 0 Å². The molecule has 0 spiro atoms. The number of carbonyl (C=O) groups is 2. The summed E-state index contributed by atoms with van der Waals surface area (Å²) in [4.78, 5) is 24.1. The molecule has 33 heavy (non-hydrogen) atoms. The fraction of sp³-hybridized carbons (Fsp3) is 0.200. The third-order valence-electron chi connectivity index (χ3n) is 5.02. The van der Waals surface area contributed by atoms with Crippen LogP contribution in [0.25, 0.3) is 0 Å². The number of benzene rings is 3. The number of anilines is 3. The normalized spacial score (nSPS) is 11.0. The minimum atomic E-state index is -3.97. The number of sulfonamides is 1. The Kier molecular flexibility index (Phi) is 7.50. The van der Waals surface area contributed by atoms with Gasteiger partial charge in [-0.25, -0.2) is 8.42 Å². The average molecular weight is 466 g/mol. The summed E-state index contributed by atoms with van der Waals surface area (Å²) in [5.41, 5.74) is 3.50. The molecule has 0 fully saturated rings. The highest BCUT2D eigenvalue weighted by molar-refractivity contribution is 7.92. The van der Waals surface area contributed by atoms with Crippen molar-refractivity contribution in [1.29, 1.82) is 0 Å². The SMILES string of the molecule is CCc1ccc(N(CC(=O)Nc2ccc(NC(C)=O)cc2)S(=O)(=O)c2ccc(C)cc2)cc1. The van der Waals surface area contributed by atoms with Gasteiger partial charge in [0.1, 0.15) is 6.54 Å². The highest BCUT2D eigenvalue weighted by Crippen LogP contribution is 2.25. The molecule has 2 amide bonds. The van der Waals surface area contributed by atoms with E-state index in [1.54, 1.807) is 48.5 Å². The average Bonchev–Trinajstić information content (AvgIpc) is 2.79. The molecule has 0 heterocycles. The smallest absolute Gasteiger partial charge is 0.264 e. The van der Waals surface area contributed by atoms with Gasteiger partial charge in [-0.1, -0.05) is 36.8 Å². The standard InChI is InChI=1S/C25H27N3O4S/c1-4-20-7-13-23(14-8-20)28(33(31,32)24-15-5-18(2)6-16-24)17-25(30)27-22-11-9-21(10-12-22)26-19(3)29/h5-16H,4,17H2,1-3H3,(H,26,29)(H,27,30). The summed E-state index contributed by atoms with van der Waals surface area (Å²) < 4.78 is 28.0. The van der Waals surface area contributed by atoms with Crippen LogP contribution in [0.3, 0.4) is 0 Å². The number of rotatable bonds is 8. The maximum absolute atomic E-state index is 13.4. The second-order valence-corrected chi connectivity index (χ2v) is 9.51. The Balaban J connectivity index is 1.86. The monoisotopic (exact) mass is 465 g/mol. The summed E-state index contributed by atoms with van der Waals surface area (Å²) in [5, 5.41) is 5.37. The number of nitrogens with one attached hydrogen (secondary N) is 2. The van der Waals surface area contributed by atoms with Crippen molar-refractivity contribution >= 4 is 38.9 Å². The molecule has 3 rings (SSSR count). The molecular weight excluding hydrogens is 438 g/mol. The summed E-state index contributed by atoms with van der Waals surface area (Å²) >= 11 is 0. The number of hydrogen-bond donors (Lipinski definition) is 2. The minimum absolute atomic E-state index is 0.111. The lowest BCUT2D eigenvalue weighted by molar-refractivity contribution is -0.115. The Morgan fingerprint density at radius 1 is 0.818 bits per heavy atom. The highest BCUT2D eigenvalue weighted by Gasteiger charge is 2.27. The highest BCUT2D eigenvalue weighted by atomic mass is 32.2. The van der Waals surface area contributed by atoms with E-state index in [-0.39, 0.29) is 10.8 Å². The first-order chi connectivity index (χ1) is 15.7. The third kappa shape index (κ3) is 6.20. The van der Waals surface area contributed by atoms with E-state index in [2.05, 4.69) is 10.6 Å². The molecule has 0 saturated carbocycles. The predicted molar refractivity (Wildman–Crippen MR) is 131 cm³/mol. The van der Waals surface area contributed by atoms with E-state index in [1.165, 1.54) is 19.1 Å². The predicted octanol–water partition coefficient (Wildman–Crippen LogP) is 4.35. The molecule has 0 bridgehead atoms. The summed E-state index contributed by atoms with van der Waals surface area (Å²) in [6.45, 7) is 4.91. The summed E-state index contributed by atoms with van der Waals surface area (Å²) in [6, 6.07) is 20.2. The van der Waals surface area contributed by atoms with E-state index in [0.717, 1.165) is 21.9 Å². The van der Waals surface area contributed by atoms with E-state index >= 15 is 0 Å². The Morgan fingerprint density at radius 2 is 1.36 bits per heavy atom. The third-order valence-corrected chi connectivity index (χ3v) is 6.81. The van der Waals surface area contributed by atoms with Crippen LogP contribution in [-0.4, -0.2) is 26.8 Å². The van der Waals surface area contributed by atoms with Crippen LogP contribution < -0.4 is 14.9 Å². The lowest BCUT2D eigenvalue weighted by atomic mass is 10.1. The van der Waals surface area contributed by atoms with Crippen LogP contribution >= 0.6 is 0 Å². The summed E-state index contributed by atoms with van der Waals surface area (Å²) in [6.07, 6.45) is 0.819. The fourth-order valence-electron chi connectivity index (χ4n) is 3.22. The van der Waals surface area contributed by atoms with Gasteiger partial charge in [0, 0.05) is 18.3 Å². The van der Waals surface area contributed by atoms with Gasteiger partial charge in [-0.15, -0.1) is 0 Å². The maximum Gasteiger partial charge on any atom is 0.264 e. The van der Waals surface area contributed by atoms with E-state index in [1.807, 2.05) is 26.0 Å². The van der Waals surface area contributed by atoms with Gasteiger partial charge in [0.15, 0.2) is 0 Å². The Hall–Kier alpha value is -3.65. The number of nitrogens with zero attached hydrogens (tertiary/aromatic N) is 1. The Labute approximate surface area is 194 Å². The van der Waals surface area contributed by atoms with Crippen molar-refractivity contribution in [2.75, 3.05) is 21.5 Å². The molecule has 0 atom stereocenters. The van der Waals surface area contributed by atoms with Crippen LogP contribution in [0.4, 0.5) is 17.1 Å². The molecule has 8 heteroatoms. The first-order valence-corrected chi connectivity index (χ1v) is 12.0. The van der Waals surface area contributed by atoms with Crippen LogP contribution in [0.1, 0.15) is 25.0 Å². The first-order valence-electron chi connectivity index (χ1n) is 10.5. The lowest BCUT2D eigenvalue weighted by Crippen LogP contribution is -2.38. The minimum Gasteiger partial charge on any atom is -0.326 e. The fourth-order valence-corrected chi connectivity index (χ4v) is 4.64. The van der Waals surface area contributed by atoms with Crippen molar-refractivity contribution in [1.82, 2.24) is 0 Å². The van der Waals surface area contributed by atoms with Crippen LogP contribution in [0, 0.1) is 6.92 Å². The van der Waals surface area contributed by atoms with Crippen LogP contribution in [0.2, 0.25) is 0 Å². The van der Waals surface area contributed by atoms with Gasteiger partial charge in [-0.05, 0) is 67.4 Å². The van der Waals surface area contributed by atoms with E-state index in [4.69, 9.17) is 0 Å². The topological polar surface area (TPSA) is 95.6 Å². The molecular formula is C25H27N3O4S. The van der Waals surface area contributed by atoms with Gasteiger partial charge >= 0.3 is 0 Å². The second-order valence-electron chi connectivity index (χ2n) is 7.65. The number of carbonyl (C=O) groups excluding carboxylic acids is 2. The number of aryl methyl sites for hydroxylation is 2. The van der Waals surface area contributed by atoms with E-state index in [0.29, 0.717) is 17.1 Å². The van der Waals surface area contributed by atoms with Crippen molar-refractivity contribution in [3.05, 3.63) is 83.9 Å². The molecule has 0 aliphatic rings. The van der Waals surface area contributed by atoms with Gasteiger partial charge in [0.2, 0.25) is 11.8 Å². The Morgan fingerprint density at radius 3 is 1.88 bits per heavy atom. The van der Waals surface area contributed by atoms with Gasteiger partial charge in [-0.2, -0.15) is 0 Å². The van der Waals surface area contributed by atoms with E-state index in [9.17, 15) is 18.0 Å². The molecule has 172 valence electrons. The van der Waals surface area contributed by atoms with Crippen molar-refractivity contribution < 1.29 is 18.0 Å². The van der Waals surface area contributed by atoms with E-state index < -0.39 is 22.5 Å². The van der Waals surface area contributed by atoms with Crippen molar-refractivity contribution in [2.24, 2.45) is 0 Å². The largest absolute Gasteiger partial charge is 0.326 e. The molecule has 2 N–H and O–H groups in total. The summed E-state index contributed by atoms with van der Waals surface area (Å²) in [7, 11) is -3.97. The molecule has 0 aliphatic carbocycles. The van der Waals surface area contributed by atoms with Crippen LogP contribution in [0.15, 0.2) is 77.7 Å². The lowest BCUT2D eigenvalue weighted by Gasteiger charge is -2.24. The first kappa shape index (κ1) is 24.0. The van der Waals surface area contributed by atoms with Crippen LogP contribution in [-0.2, 0) is 26.0 Å². The zero-order valence-corrected chi connectivity index (χ0v) is 19.6. The van der Waals surface area contributed by atoms with Crippen molar-refractivity contribution in [2.45, 2.75) is 32.1 Å². The molecule has 0 saturated heterocycles. The molecule has 3 aromatic rings. The molecule has 7 nitrogen and oxygen atoms in total. The molecule has 0 radical (unpaired) electrons. The van der Waals surface area contributed by atoms with Gasteiger partial charge < -0.3 is 10.6 Å². The molecule has 0 aromatic heterocycles. The van der Waals surface area contributed by atoms with Crippen molar-refractivity contribution in [3.8, 4) is 0 Å². The van der Waals surface area contributed by atoms with Crippen molar-refractivity contribution in [3.63, 3.8) is 0 Å². The second kappa shape index (κ2) is 10.3. The van der Waals surface area contributed by atoms with Gasteiger partial charge in [0.25, 0.3) is 10.0 Å². The van der Waals surface area contributed by atoms with Gasteiger partial charge in [0.05, 0.1) is 10.6 Å². The molecule has 0 unspecified atom stereocenters. The maximum atomic E-state index is 13.4. The van der Waals surface area contributed by atoms with Gasteiger partial charge in [-0.3, -0.25) is 13.9 Å². The Bertz CT molecular complexity index is 1220. The quantitative estimate of drug-likeness (QED) is 0.517. The number of hydrogen-bond acceptors (Lipinski definition) is 4. The number of amides is 2. The zero-order valence-electron chi connectivity index (χ0n) is 18.8. The zero-order chi connectivity index (χ0) is 24.0. The molecule has 0 aliphatic heterocycles.